The Morgan fingerprint density at radius 1 is 1.00 bits per heavy atom. The molecule has 2 aliphatic rings. The second-order valence-corrected chi connectivity index (χ2v) is 7.25. The van der Waals surface area contributed by atoms with Crippen LogP contribution in [-0.4, -0.2) is 55.6 Å². The standard InChI is InChI=1S/C22H26N2O3/c1-26-20-8-7-17(13-21(20)27-2)22(25)24-12-10-19(15-24)23-11-9-16-5-3-4-6-18(16)14-23/h3-8,13,19H,9-12,14-15H2,1-2H3/t19-/m0/s1. The summed E-state index contributed by atoms with van der Waals surface area (Å²) >= 11 is 0. The molecule has 27 heavy (non-hydrogen) atoms. The average molecular weight is 366 g/mol. The van der Waals surface area contributed by atoms with Gasteiger partial charge in [0.1, 0.15) is 0 Å². The van der Waals surface area contributed by atoms with Crippen LogP contribution in [0.4, 0.5) is 0 Å². The van der Waals surface area contributed by atoms with Gasteiger partial charge in [-0.1, -0.05) is 24.3 Å². The van der Waals surface area contributed by atoms with E-state index in [4.69, 9.17) is 9.47 Å². The Kier molecular flexibility index (Phi) is 5.03. The van der Waals surface area contributed by atoms with E-state index >= 15 is 0 Å². The number of fused-ring (bicyclic) bond motifs is 1. The maximum absolute atomic E-state index is 13.0. The van der Waals surface area contributed by atoms with Crippen LogP contribution < -0.4 is 9.47 Å². The lowest BCUT2D eigenvalue weighted by Gasteiger charge is -2.33. The molecule has 2 aliphatic heterocycles. The molecule has 0 N–H and O–H groups in total. The first kappa shape index (κ1) is 17.9. The number of nitrogens with zero attached hydrogens (tertiary/aromatic N) is 2. The van der Waals surface area contributed by atoms with Gasteiger partial charge in [0.05, 0.1) is 14.2 Å². The van der Waals surface area contributed by atoms with Gasteiger partial charge in [-0.05, 0) is 42.2 Å². The Bertz CT molecular complexity index is 836. The number of hydrogen-bond acceptors (Lipinski definition) is 4. The Labute approximate surface area is 160 Å². The highest BCUT2D eigenvalue weighted by Crippen LogP contribution is 2.29. The van der Waals surface area contributed by atoms with Crippen molar-refractivity contribution in [3.8, 4) is 11.5 Å². The van der Waals surface area contributed by atoms with E-state index in [1.54, 1.807) is 26.4 Å². The van der Waals surface area contributed by atoms with E-state index in [0.29, 0.717) is 23.1 Å². The van der Waals surface area contributed by atoms with Crippen LogP contribution in [0, 0.1) is 0 Å². The molecule has 2 aromatic rings. The second kappa shape index (κ2) is 7.61. The van der Waals surface area contributed by atoms with E-state index in [0.717, 1.165) is 39.0 Å². The van der Waals surface area contributed by atoms with Crippen molar-refractivity contribution in [2.45, 2.75) is 25.4 Å². The molecule has 5 heteroatoms. The zero-order valence-corrected chi connectivity index (χ0v) is 16.0. The molecule has 1 fully saturated rings. The van der Waals surface area contributed by atoms with Crippen molar-refractivity contribution in [3.63, 3.8) is 0 Å². The number of ether oxygens (including phenoxy) is 2. The van der Waals surface area contributed by atoms with Crippen molar-refractivity contribution >= 4 is 5.91 Å². The van der Waals surface area contributed by atoms with Gasteiger partial charge >= 0.3 is 0 Å². The number of carbonyl (C=O) groups is 1. The molecule has 4 rings (SSSR count). The molecule has 2 aromatic carbocycles. The van der Waals surface area contributed by atoms with Gasteiger partial charge in [-0.3, -0.25) is 9.69 Å². The molecule has 0 bridgehead atoms. The molecule has 5 nitrogen and oxygen atoms in total. The van der Waals surface area contributed by atoms with Crippen LogP contribution in [0.3, 0.4) is 0 Å². The maximum Gasteiger partial charge on any atom is 0.254 e. The van der Waals surface area contributed by atoms with Gasteiger partial charge in [-0.15, -0.1) is 0 Å². The van der Waals surface area contributed by atoms with Crippen molar-refractivity contribution < 1.29 is 14.3 Å². The average Bonchev–Trinajstić information content (AvgIpc) is 3.22. The molecule has 0 radical (unpaired) electrons. The predicted octanol–water partition coefficient (Wildman–Crippen LogP) is 2.98. The summed E-state index contributed by atoms with van der Waals surface area (Å²) in [6.45, 7) is 3.64. The van der Waals surface area contributed by atoms with Crippen LogP contribution in [0.25, 0.3) is 0 Å². The number of rotatable bonds is 4. The van der Waals surface area contributed by atoms with Gasteiger partial charge in [0.25, 0.3) is 5.91 Å². The number of amides is 1. The summed E-state index contributed by atoms with van der Waals surface area (Å²) in [4.78, 5) is 17.4. The summed E-state index contributed by atoms with van der Waals surface area (Å²) in [5.74, 6) is 1.29. The molecule has 0 saturated carbocycles. The molecule has 0 aromatic heterocycles. The smallest absolute Gasteiger partial charge is 0.254 e. The van der Waals surface area contributed by atoms with E-state index in [1.807, 2.05) is 11.0 Å². The van der Waals surface area contributed by atoms with E-state index in [2.05, 4.69) is 29.2 Å². The van der Waals surface area contributed by atoms with Crippen molar-refractivity contribution in [1.82, 2.24) is 9.80 Å². The van der Waals surface area contributed by atoms with Crippen molar-refractivity contribution in [3.05, 3.63) is 59.2 Å². The third-order valence-corrected chi connectivity index (χ3v) is 5.76. The summed E-state index contributed by atoms with van der Waals surface area (Å²) in [6.07, 6.45) is 2.12. The largest absolute Gasteiger partial charge is 0.493 e. The van der Waals surface area contributed by atoms with Crippen LogP contribution in [0.5, 0.6) is 11.5 Å². The molecular weight excluding hydrogens is 340 g/mol. The fourth-order valence-corrected chi connectivity index (χ4v) is 4.21. The minimum atomic E-state index is 0.0656. The lowest BCUT2D eigenvalue weighted by atomic mass is 9.98. The van der Waals surface area contributed by atoms with Crippen LogP contribution in [0.15, 0.2) is 42.5 Å². The summed E-state index contributed by atoms with van der Waals surface area (Å²) < 4.78 is 10.6. The molecule has 0 unspecified atom stereocenters. The number of likely N-dealkylation sites (tertiary alicyclic amines) is 1. The Morgan fingerprint density at radius 2 is 1.78 bits per heavy atom. The topological polar surface area (TPSA) is 42.0 Å². The first-order chi connectivity index (χ1) is 13.2. The normalized spacial score (nSPS) is 19.6. The minimum absolute atomic E-state index is 0.0656. The van der Waals surface area contributed by atoms with Crippen molar-refractivity contribution in [2.24, 2.45) is 0 Å². The highest BCUT2D eigenvalue weighted by molar-refractivity contribution is 5.95. The fourth-order valence-electron chi connectivity index (χ4n) is 4.21. The maximum atomic E-state index is 13.0. The lowest BCUT2D eigenvalue weighted by molar-refractivity contribution is 0.0773. The first-order valence-electron chi connectivity index (χ1n) is 9.51. The van der Waals surface area contributed by atoms with E-state index in [9.17, 15) is 4.79 Å². The van der Waals surface area contributed by atoms with Gasteiger partial charge in [0.2, 0.25) is 0 Å². The number of methoxy groups -OCH3 is 2. The van der Waals surface area contributed by atoms with Crippen LogP contribution in [0.1, 0.15) is 27.9 Å². The Hall–Kier alpha value is -2.53. The Morgan fingerprint density at radius 3 is 2.56 bits per heavy atom. The molecule has 1 atom stereocenters. The zero-order chi connectivity index (χ0) is 18.8. The highest BCUT2D eigenvalue weighted by atomic mass is 16.5. The molecule has 1 amide bonds. The number of hydrogen-bond donors (Lipinski definition) is 0. The van der Waals surface area contributed by atoms with Crippen LogP contribution in [0.2, 0.25) is 0 Å². The van der Waals surface area contributed by atoms with Crippen molar-refractivity contribution in [1.29, 1.82) is 0 Å². The molecular formula is C22H26N2O3. The molecule has 2 heterocycles. The summed E-state index contributed by atoms with van der Waals surface area (Å²) in [5, 5.41) is 0. The fraction of sp³-hybridized carbons (Fsp3) is 0.409. The SMILES string of the molecule is COc1ccc(C(=O)N2CC[C@H](N3CCc4ccccc4C3)C2)cc1OC. The third kappa shape index (κ3) is 3.52. The van der Waals surface area contributed by atoms with Gasteiger partial charge < -0.3 is 14.4 Å². The van der Waals surface area contributed by atoms with Gasteiger partial charge in [-0.2, -0.15) is 0 Å². The molecule has 1 saturated heterocycles. The number of benzene rings is 2. The third-order valence-electron chi connectivity index (χ3n) is 5.76. The first-order valence-corrected chi connectivity index (χ1v) is 9.51. The van der Waals surface area contributed by atoms with Crippen LogP contribution >= 0.6 is 0 Å². The molecule has 142 valence electrons. The quantitative estimate of drug-likeness (QED) is 0.834. The van der Waals surface area contributed by atoms with E-state index < -0.39 is 0 Å². The van der Waals surface area contributed by atoms with Gasteiger partial charge in [-0.25, -0.2) is 0 Å². The van der Waals surface area contributed by atoms with Crippen LogP contribution in [-0.2, 0) is 13.0 Å². The second-order valence-electron chi connectivity index (χ2n) is 7.25. The summed E-state index contributed by atoms with van der Waals surface area (Å²) in [6, 6.07) is 14.5. The zero-order valence-electron chi connectivity index (χ0n) is 16.0. The summed E-state index contributed by atoms with van der Waals surface area (Å²) in [5.41, 5.74) is 3.54. The van der Waals surface area contributed by atoms with Crippen molar-refractivity contribution in [2.75, 3.05) is 33.9 Å². The Balaban J connectivity index is 1.43. The van der Waals surface area contributed by atoms with E-state index in [1.165, 1.54) is 11.1 Å². The minimum Gasteiger partial charge on any atom is -0.493 e. The highest BCUT2D eigenvalue weighted by Gasteiger charge is 2.32. The lowest BCUT2D eigenvalue weighted by Crippen LogP contribution is -2.41. The van der Waals surface area contributed by atoms with Gasteiger partial charge in [0, 0.05) is 37.8 Å². The number of carbonyl (C=O) groups excluding carboxylic acids is 1. The molecule has 0 aliphatic carbocycles. The van der Waals surface area contributed by atoms with Gasteiger partial charge in [0.15, 0.2) is 11.5 Å². The molecule has 0 spiro atoms. The summed E-state index contributed by atoms with van der Waals surface area (Å²) in [7, 11) is 3.19. The van der Waals surface area contributed by atoms with E-state index in [-0.39, 0.29) is 5.91 Å². The monoisotopic (exact) mass is 366 g/mol. The predicted molar refractivity (Wildman–Crippen MR) is 104 cm³/mol.